The Morgan fingerprint density at radius 2 is 1.82 bits per heavy atom. The van der Waals surface area contributed by atoms with E-state index in [0.717, 1.165) is 11.3 Å². The number of aliphatic hydroxyl groups is 1. The van der Waals surface area contributed by atoms with Crippen molar-refractivity contribution < 1.29 is 13.5 Å². The molecule has 0 atom stereocenters. The van der Waals surface area contributed by atoms with E-state index in [1.165, 1.54) is 16.7 Å². The second kappa shape index (κ2) is 5.83. The average molecular weight is 321 g/mol. The maximum atomic E-state index is 12.6. The van der Waals surface area contributed by atoms with Crippen LogP contribution in [0.5, 0.6) is 0 Å². The van der Waals surface area contributed by atoms with Crippen LogP contribution >= 0.6 is 0 Å². The molecule has 3 rings (SSSR count). The van der Waals surface area contributed by atoms with Crippen LogP contribution in [0.25, 0.3) is 5.69 Å². The van der Waals surface area contributed by atoms with E-state index in [4.69, 9.17) is 0 Å². The van der Waals surface area contributed by atoms with Crippen molar-refractivity contribution in [2.45, 2.75) is 30.8 Å². The molecule has 0 unspecified atom stereocenters. The lowest BCUT2D eigenvalue weighted by molar-refractivity contribution is 0.113. The molecule has 22 heavy (non-hydrogen) atoms. The van der Waals surface area contributed by atoms with E-state index >= 15 is 0 Å². The Kier molecular flexibility index (Phi) is 4.03. The zero-order chi connectivity index (χ0) is 15.7. The van der Waals surface area contributed by atoms with Gasteiger partial charge in [0.2, 0.25) is 10.0 Å². The lowest BCUT2D eigenvalue weighted by Gasteiger charge is -2.28. The van der Waals surface area contributed by atoms with Crippen LogP contribution in [0.4, 0.5) is 0 Å². The zero-order valence-corrected chi connectivity index (χ0v) is 13.2. The van der Waals surface area contributed by atoms with Gasteiger partial charge in [-0.3, -0.25) is 0 Å². The van der Waals surface area contributed by atoms with Crippen LogP contribution in [0, 0.1) is 6.92 Å². The third-order valence-electron chi connectivity index (χ3n) is 3.92. The van der Waals surface area contributed by atoms with Crippen LogP contribution < -0.4 is 0 Å². The van der Waals surface area contributed by atoms with Crippen molar-refractivity contribution in [1.82, 2.24) is 14.1 Å². The summed E-state index contributed by atoms with van der Waals surface area (Å²) >= 11 is 0. The average Bonchev–Trinajstić information content (AvgIpc) is 2.99. The van der Waals surface area contributed by atoms with E-state index in [2.05, 4.69) is 5.10 Å². The Bertz CT molecular complexity index is 745. The number of piperidine rings is 1. The maximum absolute atomic E-state index is 12.6. The first-order chi connectivity index (χ1) is 10.5. The molecule has 1 saturated heterocycles. The molecule has 2 aromatic rings. The van der Waals surface area contributed by atoms with Gasteiger partial charge in [-0.15, -0.1) is 0 Å². The molecule has 0 radical (unpaired) electrons. The molecule has 1 N–H and O–H groups in total. The van der Waals surface area contributed by atoms with Crippen molar-refractivity contribution in [1.29, 1.82) is 0 Å². The molecule has 1 fully saturated rings. The van der Waals surface area contributed by atoms with E-state index in [1.54, 1.807) is 4.68 Å². The molecule has 1 aliphatic heterocycles. The maximum Gasteiger partial charge on any atom is 0.246 e. The van der Waals surface area contributed by atoms with Crippen LogP contribution in [0.1, 0.15) is 18.4 Å². The van der Waals surface area contributed by atoms with E-state index < -0.39 is 16.1 Å². The van der Waals surface area contributed by atoms with Crippen molar-refractivity contribution in [2.24, 2.45) is 0 Å². The molecule has 7 heteroatoms. The number of sulfonamides is 1. The molecule has 0 amide bonds. The summed E-state index contributed by atoms with van der Waals surface area (Å²) < 4.78 is 28.1. The number of benzene rings is 1. The van der Waals surface area contributed by atoms with E-state index in [9.17, 15) is 13.5 Å². The molecular formula is C15H19N3O3S. The fourth-order valence-electron chi connectivity index (χ4n) is 2.51. The molecule has 0 aliphatic carbocycles. The van der Waals surface area contributed by atoms with Crippen LogP contribution in [-0.4, -0.2) is 46.8 Å². The van der Waals surface area contributed by atoms with Crippen LogP contribution in [0.3, 0.4) is 0 Å². The number of aromatic nitrogens is 2. The van der Waals surface area contributed by atoms with Gasteiger partial charge in [-0.05, 0) is 31.9 Å². The Morgan fingerprint density at radius 3 is 2.45 bits per heavy atom. The van der Waals surface area contributed by atoms with Crippen molar-refractivity contribution in [3.8, 4) is 5.69 Å². The number of hydrogen-bond donors (Lipinski definition) is 1. The number of hydrogen-bond acceptors (Lipinski definition) is 4. The lowest BCUT2D eigenvalue weighted by Crippen LogP contribution is -2.39. The SMILES string of the molecule is Cc1ccc(-n2cc(S(=O)(=O)N3CCC(O)CC3)cn2)cc1. The molecule has 118 valence electrons. The summed E-state index contributed by atoms with van der Waals surface area (Å²) in [5.41, 5.74) is 1.96. The van der Waals surface area contributed by atoms with Crippen LogP contribution in [0.15, 0.2) is 41.6 Å². The fraction of sp³-hybridized carbons (Fsp3) is 0.400. The lowest BCUT2D eigenvalue weighted by atomic mass is 10.1. The van der Waals surface area contributed by atoms with E-state index in [1.807, 2.05) is 31.2 Å². The van der Waals surface area contributed by atoms with Crippen molar-refractivity contribution in [3.05, 3.63) is 42.2 Å². The normalized spacial score (nSPS) is 17.7. The molecule has 2 heterocycles. The summed E-state index contributed by atoms with van der Waals surface area (Å²) in [4.78, 5) is 0.185. The first kappa shape index (κ1) is 15.2. The van der Waals surface area contributed by atoms with Crippen molar-refractivity contribution >= 4 is 10.0 Å². The minimum atomic E-state index is -3.54. The summed E-state index contributed by atoms with van der Waals surface area (Å²) in [5.74, 6) is 0. The number of aryl methyl sites for hydroxylation is 1. The Labute approximate surface area is 130 Å². The highest BCUT2D eigenvalue weighted by atomic mass is 32.2. The molecule has 0 saturated carbocycles. The third kappa shape index (κ3) is 2.92. The Balaban J connectivity index is 1.85. The van der Waals surface area contributed by atoms with Gasteiger partial charge in [0.1, 0.15) is 4.90 Å². The van der Waals surface area contributed by atoms with Crippen molar-refractivity contribution in [2.75, 3.05) is 13.1 Å². The second-order valence-electron chi connectivity index (χ2n) is 5.59. The highest BCUT2D eigenvalue weighted by Gasteiger charge is 2.29. The van der Waals surface area contributed by atoms with Gasteiger partial charge in [0.25, 0.3) is 0 Å². The molecule has 1 aromatic heterocycles. The highest BCUT2D eigenvalue weighted by Crippen LogP contribution is 2.21. The predicted molar refractivity (Wildman–Crippen MR) is 82.3 cm³/mol. The summed E-state index contributed by atoms with van der Waals surface area (Å²) in [5, 5.41) is 13.7. The van der Waals surface area contributed by atoms with Gasteiger partial charge < -0.3 is 5.11 Å². The van der Waals surface area contributed by atoms with Gasteiger partial charge in [-0.25, -0.2) is 13.1 Å². The van der Waals surface area contributed by atoms with Crippen LogP contribution in [0.2, 0.25) is 0 Å². The first-order valence-corrected chi connectivity index (χ1v) is 8.71. The van der Waals surface area contributed by atoms with Crippen molar-refractivity contribution in [3.63, 3.8) is 0 Å². The third-order valence-corrected chi connectivity index (χ3v) is 5.77. The van der Waals surface area contributed by atoms with Gasteiger partial charge in [0.15, 0.2) is 0 Å². The second-order valence-corrected chi connectivity index (χ2v) is 7.53. The largest absolute Gasteiger partial charge is 0.393 e. The molecule has 1 aliphatic rings. The molecule has 6 nitrogen and oxygen atoms in total. The molecule has 0 spiro atoms. The minimum Gasteiger partial charge on any atom is -0.393 e. The van der Waals surface area contributed by atoms with Gasteiger partial charge in [0.05, 0.1) is 24.2 Å². The number of nitrogens with zero attached hydrogens (tertiary/aromatic N) is 3. The summed E-state index contributed by atoms with van der Waals surface area (Å²) in [6.07, 6.45) is 3.46. The van der Waals surface area contributed by atoms with Gasteiger partial charge >= 0.3 is 0 Å². The van der Waals surface area contributed by atoms with E-state index in [-0.39, 0.29) is 4.90 Å². The molecule has 1 aromatic carbocycles. The van der Waals surface area contributed by atoms with Crippen LogP contribution in [-0.2, 0) is 10.0 Å². The summed E-state index contributed by atoms with van der Waals surface area (Å²) in [6.45, 7) is 2.69. The number of rotatable bonds is 3. The molecule has 0 bridgehead atoms. The monoisotopic (exact) mass is 321 g/mol. The Hall–Kier alpha value is -1.70. The smallest absolute Gasteiger partial charge is 0.246 e. The topological polar surface area (TPSA) is 75.4 Å². The highest BCUT2D eigenvalue weighted by molar-refractivity contribution is 7.89. The van der Waals surface area contributed by atoms with Gasteiger partial charge in [-0.1, -0.05) is 17.7 Å². The zero-order valence-electron chi connectivity index (χ0n) is 12.4. The van der Waals surface area contributed by atoms with Gasteiger partial charge in [-0.2, -0.15) is 9.40 Å². The first-order valence-electron chi connectivity index (χ1n) is 7.27. The predicted octanol–water partition coefficient (Wildman–Crippen LogP) is 1.33. The summed E-state index contributed by atoms with van der Waals surface area (Å²) in [6, 6.07) is 7.71. The minimum absolute atomic E-state index is 0.185. The van der Waals surface area contributed by atoms with E-state index in [0.29, 0.717) is 25.9 Å². The Morgan fingerprint density at radius 1 is 1.18 bits per heavy atom. The molecular weight excluding hydrogens is 302 g/mol. The standard InChI is InChI=1S/C15H19N3O3S/c1-12-2-4-13(5-3-12)18-11-15(10-16-18)22(20,21)17-8-6-14(19)7-9-17/h2-5,10-11,14,19H,6-9H2,1H3. The quantitative estimate of drug-likeness (QED) is 0.925. The number of aliphatic hydroxyl groups excluding tert-OH is 1. The summed E-state index contributed by atoms with van der Waals surface area (Å²) in [7, 11) is -3.54. The van der Waals surface area contributed by atoms with Gasteiger partial charge in [0, 0.05) is 13.1 Å². The fourth-order valence-corrected chi connectivity index (χ4v) is 3.91.